The molecule has 0 saturated carbocycles. The summed E-state index contributed by atoms with van der Waals surface area (Å²) in [4.78, 5) is 23.9. The smallest absolute Gasteiger partial charge is 0.270 e. The van der Waals surface area contributed by atoms with Gasteiger partial charge in [0.25, 0.3) is 11.6 Å². The summed E-state index contributed by atoms with van der Waals surface area (Å²) in [6, 6.07) is 12.5. The molecule has 1 unspecified atom stereocenters. The van der Waals surface area contributed by atoms with Crippen LogP contribution in [-0.2, 0) is 9.84 Å². The van der Waals surface area contributed by atoms with Crippen LogP contribution < -0.4 is 5.32 Å². The number of nitrogens with one attached hydrogen (secondary N) is 1. The lowest BCUT2D eigenvalue weighted by molar-refractivity contribution is -0.384. The molecule has 4 rings (SSSR count). The van der Waals surface area contributed by atoms with Crippen LogP contribution in [-0.4, -0.2) is 57.0 Å². The van der Waals surface area contributed by atoms with E-state index in [-0.39, 0.29) is 22.8 Å². The normalized spacial score (nSPS) is 17.4. The summed E-state index contributed by atoms with van der Waals surface area (Å²) in [6.45, 7) is 0. The fourth-order valence-corrected chi connectivity index (χ4v) is 5.72. The van der Waals surface area contributed by atoms with Crippen LogP contribution >= 0.6 is 11.8 Å². The van der Waals surface area contributed by atoms with Gasteiger partial charge in [-0.05, 0) is 46.8 Å². The van der Waals surface area contributed by atoms with Crippen molar-refractivity contribution in [1.82, 2.24) is 25.5 Å². The summed E-state index contributed by atoms with van der Waals surface area (Å²) in [5, 5.41) is 25.9. The lowest BCUT2D eigenvalue weighted by Gasteiger charge is -2.13. The van der Waals surface area contributed by atoms with Crippen LogP contribution in [0.25, 0.3) is 5.69 Å². The van der Waals surface area contributed by atoms with Crippen molar-refractivity contribution < 1.29 is 18.1 Å². The van der Waals surface area contributed by atoms with Crippen molar-refractivity contribution in [2.45, 2.75) is 22.5 Å². The van der Waals surface area contributed by atoms with Crippen molar-refractivity contribution in [1.29, 1.82) is 0 Å². The van der Waals surface area contributed by atoms with Gasteiger partial charge in [-0.3, -0.25) is 14.9 Å². The molecule has 1 aliphatic heterocycles. The van der Waals surface area contributed by atoms with E-state index < -0.39 is 26.7 Å². The van der Waals surface area contributed by atoms with Crippen LogP contribution in [0.5, 0.6) is 0 Å². The molecular weight excluding hydrogens is 444 g/mol. The number of sulfone groups is 1. The van der Waals surface area contributed by atoms with E-state index in [2.05, 4.69) is 20.8 Å². The van der Waals surface area contributed by atoms with E-state index in [9.17, 15) is 23.3 Å². The zero-order valence-corrected chi connectivity index (χ0v) is 17.5. The number of rotatable bonds is 6. The molecule has 1 fully saturated rings. The van der Waals surface area contributed by atoms with E-state index in [0.29, 0.717) is 22.2 Å². The van der Waals surface area contributed by atoms with Gasteiger partial charge < -0.3 is 5.32 Å². The molecule has 1 amide bonds. The Morgan fingerprint density at radius 1 is 1.23 bits per heavy atom. The van der Waals surface area contributed by atoms with E-state index in [1.165, 1.54) is 16.8 Å². The van der Waals surface area contributed by atoms with Gasteiger partial charge in [-0.2, -0.15) is 4.68 Å². The van der Waals surface area contributed by atoms with Crippen molar-refractivity contribution in [3.63, 3.8) is 0 Å². The van der Waals surface area contributed by atoms with Crippen molar-refractivity contribution in [3.8, 4) is 5.69 Å². The Balaban J connectivity index is 1.65. The van der Waals surface area contributed by atoms with Gasteiger partial charge >= 0.3 is 0 Å². The van der Waals surface area contributed by atoms with Crippen LogP contribution in [0.15, 0.2) is 58.6 Å². The molecule has 1 aliphatic rings. The van der Waals surface area contributed by atoms with E-state index in [1.54, 1.807) is 0 Å². The molecule has 3 aromatic rings. The first-order valence-corrected chi connectivity index (χ1v) is 11.8. The summed E-state index contributed by atoms with van der Waals surface area (Å²) in [5.74, 6) is -0.741. The van der Waals surface area contributed by atoms with Crippen LogP contribution in [0.3, 0.4) is 0 Å². The molecule has 2 aromatic carbocycles. The minimum absolute atomic E-state index is 0.000338. The van der Waals surface area contributed by atoms with Gasteiger partial charge in [0.05, 0.1) is 27.7 Å². The lowest BCUT2D eigenvalue weighted by atomic mass is 10.1. The Labute approximate surface area is 180 Å². The summed E-state index contributed by atoms with van der Waals surface area (Å²) in [5.41, 5.74) is 0.501. The predicted octanol–water partition coefficient (Wildman–Crippen LogP) is 1.64. The fraction of sp³-hybridized carbons (Fsp3) is 0.222. The number of non-ortho nitro benzene ring substituents is 1. The number of carbonyl (C=O) groups excluding carboxylic acids is 1. The first-order valence-electron chi connectivity index (χ1n) is 9.14. The number of tetrazole rings is 1. The molecule has 160 valence electrons. The first-order chi connectivity index (χ1) is 14.8. The number of hydrogen-bond acceptors (Lipinski definition) is 9. The number of nitro benzene ring substituents is 1. The highest BCUT2D eigenvalue weighted by molar-refractivity contribution is 7.99. The molecule has 0 spiro atoms. The molecule has 13 heteroatoms. The molecule has 31 heavy (non-hydrogen) atoms. The Hall–Kier alpha value is -3.32. The Morgan fingerprint density at radius 2 is 2.00 bits per heavy atom. The third-order valence-corrected chi connectivity index (χ3v) is 7.41. The van der Waals surface area contributed by atoms with Crippen LogP contribution in [0.1, 0.15) is 16.8 Å². The fourth-order valence-electron chi connectivity index (χ4n) is 3.14. The number of amides is 1. The van der Waals surface area contributed by atoms with Gasteiger partial charge in [-0.15, -0.1) is 5.10 Å². The molecule has 1 atom stereocenters. The van der Waals surface area contributed by atoms with Crippen molar-refractivity contribution in [2.75, 3.05) is 11.5 Å². The van der Waals surface area contributed by atoms with Gasteiger partial charge in [-0.1, -0.05) is 18.2 Å². The first kappa shape index (κ1) is 20.9. The maximum Gasteiger partial charge on any atom is 0.270 e. The molecule has 1 saturated heterocycles. The molecule has 1 aromatic heterocycles. The second-order valence-electron chi connectivity index (χ2n) is 6.82. The molecule has 0 aliphatic carbocycles. The Morgan fingerprint density at radius 3 is 2.68 bits per heavy atom. The summed E-state index contributed by atoms with van der Waals surface area (Å²) < 4.78 is 24.9. The number of para-hydroxylation sites is 1. The lowest BCUT2D eigenvalue weighted by Crippen LogP contribution is -2.35. The second-order valence-corrected chi connectivity index (χ2v) is 10.1. The van der Waals surface area contributed by atoms with Gasteiger partial charge in [0.15, 0.2) is 9.84 Å². The topological polar surface area (TPSA) is 150 Å². The number of nitro groups is 1. The highest BCUT2D eigenvalue weighted by Crippen LogP contribution is 2.32. The van der Waals surface area contributed by atoms with Gasteiger partial charge in [0.2, 0.25) is 5.16 Å². The number of nitrogens with zero attached hydrogens (tertiary/aromatic N) is 5. The molecule has 0 bridgehead atoms. The molecule has 1 N–H and O–H groups in total. The summed E-state index contributed by atoms with van der Waals surface area (Å²) in [6.07, 6.45) is 0.303. The quantitative estimate of drug-likeness (QED) is 0.428. The maximum atomic E-state index is 12.9. The minimum atomic E-state index is -3.19. The van der Waals surface area contributed by atoms with E-state index in [1.807, 2.05) is 30.3 Å². The van der Waals surface area contributed by atoms with Gasteiger partial charge in [0.1, 0.15) is 0 Å². The maximum absolute atomic E-state index is 12.9. The van der Waals surface area contributed by atoms with Crippen LogP contribution in [0.4, 0.5) is 5.69 Å². The van der Waals surface area contributed by atoms with Crippen molar-refractivity contribution in [2.24, 2.45) is 0 Å². The summed E-state index contributed by atoms with van der Waals surface area (Å²) >= 11 is 1.07. The average Bonchev–Trinajstić information content (AvgIpc) is 3.34. The molecule has 2 heterocycles. The number of aromatic nitrogens is 4. The predicted molar refractivity (Wildman–Crippen MR) is 111 cm³/mol. The second kappa shape index (κ2) is 8.43. The monoisotopic (exact) mass is 460 g/mol. The SMILES string of the molecule is O=C(NC1CCS(=O)(=O)C1)c1cc([N+](=O)[O-])ccc1Sc1nnnn1-c1ccccc1. The van der Waals surface area contributed by atoms with Gasteiger partial charge in [-0.25, -0.2) is 8.42 Å². The Bertz CT molecular complexity index is 1250. The van der Waals surface area contributed by atoms with E-state index in [0.717, 1.165) is 17.8 Å². The minimum Gasteiger partial charge on any atom is -0.348 e. The van der Waals surface area contributed by atoms with Crippen LogP contribution in [0.2, 0.25) is 0 Å². The standard InChI is InChI=1S/C18H16N6O5S2/c25-17(19-12-8-9-31(28,29)11-12)15-10-14(24(26)27)6-7-16(15)30-18-20-21-22-23(18)13-4-2-1-3-5-13/h1-7,10,12H,8-9,11H2,(H,19,25). The summed E-state index contributed by atoms with van der Waals surface area (Å²) in [7, 11) is -3.19. The largest absolute Gasteiger partial charge is 0.348 e. The average molecular weight is 460 g/mol. The van der Waals surface area contributed by atoms with E-state index >= 15 is 0 Å². The van der Waals surface area contributed by atoms with Crippen molar-refractivity contribution >= 4 is 33.2 Å². The highest BCUT2D eigenvalue weighted by Gasteiger charge is 2.30. The number of carbonyl (C=O) groups is 1. The third kappa shape index (κ3) is 4.72. The zero-order valence-electron chi connectivity index (χ0n) is 15.9. The number of benzene rings is 2. The zero-order chi connectivity index (χ0) is 22.0. The Kier molecular flexibility index (Phi) is 5.69. The molecule has 11 nitrogen and oxygen atoms in total. The van der Waals surface area contributed by atoms with Gasteiger partial charge in [0, 0.05) is 23.1 Å². The third-order valence-electron chi connectivity index (χ3n) is 4.63. The van der Waals surface area contributed by atoms with Crippen molar-refractivity contribution in [3.05, 3.63) is 64.2 Å². The number of hydrogen-bond donors (Lipinski definition) is 1. The van der Waals surface area contributed by atoms with E-state index in [4.69, 9.17) is 0 Å². The molecular formula is C18H16N6O5S2. The highest BCUT2D eigenvalue weighted by atomic mass is 32.2. The van der Waals surface area contributed by atoms with Crippen LogP contribution in [0, 0.1) is 10.1 Å². The molecule has 0 radical (unpaired) electrons.